The quantitative estimate of drug-likeness (QED) is 0.115. The Morgan fingerprint density at radius 1 is 1.08 bits per heavy atom. The molecule has 2 aromatic carbocycles. The topological polar surface area (TPSA) is 162 Å². The van der Waals surface area contributed by atoms with Crippen LogP contribution >= 0.6 is 0 Å². The molecule has 12 nitrogen and oxygen atoms in total. The number of nitrogen functional groups attached to an aromatic ring is 1. The molecular weight excluding hydrogens is 502 g/mol. The summed E-state index contributed by atoms with van der Waals surface area (Å²) in [5.41, 5.74) is 7.19. The summed E-state index contributed by atoms with van der Waals surface area (Å²) in [6.07, 6.45) is 1.56. The van der Waals surface area contributed by atoms with E-state index in [9.17, 15) is 4.79 Å². The molecule has 0 bridgehead atoms. The summed E-state index contributed by atoms with van der Waals surface area (Å²) in [4.78, 5) is 20.1. The molecule has 5 N–H and O–H groups in total. The second-order valence-corrected chi connectivity index (χ2v) is 8.31. The molecule has 0 aliphatic rings. The lowest BCUT2D eigenvalue weighted by molar-refractivity contribution is 0.143. The summed E-state index contributed by atoms with van der Waals surface area (Å²) in [7, 11) is 3.11. The molecule has 12 heteroatoms. The molecule has 0 radical (unpaired) electrons. The van der Waals surface area contributed by atoms with Crippen LogP contribution in [0.15, 0.2) is 65.6 Å². The summed E-state index contributed by atoms with van der Waals surface area (Å²) < 4.78 is 23.3. The van der Waals surface area contributed by atoms with Crippen LogP contribution in [0.1, 0.15) is 29.9 Å². The van der Waals surface area contributed by atoms with Crippen molar-refractivity contribution in [2.24, 2.45) is 5.73 Å². The van der Waals surface area contributed by atoms with Gasteiger partial charge < -0.3 is 30.0 Å². The first-order valence-corrected chi connectivity index (χ1v) is 12.2. The van der Waals surface area contributed by atoms with Gasteiger partial charge in [-0.3, -0.25) is 10.4 Å². The Bertz CT molecular complexity index is 1470. The van der Waals surface area contributed by atoms with E-state index in [0.29, 0.717) is 54.1 Å². The van der Waals surface area contributed by atoms with Crippen LogP contribution in [0.2, 0.25) is 0 Å². The van der Waals surface area contributed by atoms with Crippen LogP contribution in [-0.4, -0.2) is 59.6 Å². The highest BCUT2D eigenvalue weighted by atomic mass is 16.5. The van der Waals surface area contributed by atoms with Crippen molar-refractivity contribution >= 4 is 11.5 Å². The SMILES string of the molecule is CCOc1cc([C@H](Nc2ccc(C(=N)N)cc2)c2nn(-c3ncccc3OC)c(=O)[nH]2)ccc1OCCOC. The molecule has 4 rings (SSSR count). The van der Waals surface area contributed by atoms with Gasteiger partial charge in [0.05, 0.1) is 20.3 Å². The van der Waals surface area contributed by atoms with Crippen LogP contribution in [0.25, 0.3) is 5.82 Å². The van der Waals surface area contributed by atoms with Crippen molar-refractivity contribution in [2.75, 3.05) is 39.4 Å². The molecule has 0 amide bonds. The fourth-order valence-corrected chi connectivity index (χ4v) is 3.86. The monoisotopic (exact) mass is 533 g/mol. The maximum absolute atomic E-state index is 13.0. The van der Waals surface area contributed by atoms with Gasteiger partial charge in [-0.2, -0.15) is 4.68 Å². The van der Waals surface area contributed by atoms with Crippen LogP contribution in [0.5, 0.6) is 17.2 Å². The third kappa shape index (κ3) is 6.36. The van der Waals surface area contributed by atoms with Crippen LogP contribution in [0, 0.1) is 5.41 Å². The second-order valence-electron chi connectivity index (χ2n) is 8.31. The number of hydrogen-bond acceptors (Lipinski definition) is 9. The molecule has 0 saturated carbocycles. The Kier molecular flexibility index (Phi) is 8.79. The van der Waals surface area contributed by atoms with Crippen LogP contribution in [0.4, 0.5) is 5.69 Å². The minimum Gasteiger partial charge on any atom is -0.493 e. The summed E-state index contributed by atoms with van der Waals surface area (Å²) in [5.74, 6) is 2.07. The number of ether oxygens (including phenoxy) is 4. The molecule has 0 fully saturated rings. The molecule has 0 saturated heterocycles. The molecule has 0 aliphatic carbocycles. The number of nitrogens with two attached hydrogens (primary N) is 1. The van der Waals surface area contributed by atoms with Crippen molar-refractivity contribution < 1.29 is 18.9 Å². The standard InChI is InChI=1S/C27H31N7O5/c1-4-38-22-16-18(9-12-20(22)39-15-14-36-2)23(31-19-10-7-17(8-11-19)24(28)29)25-32-27(35)34(33-25)26-21(37-3)6-5-13-30-26/h5-13,16,23,31H,4,14-15H2,1-3H3,(H3,28,29)(H,32,33,35)/t23-/m0/s1. The van der Waals surface area contributed by atoms with Gasteiger partial charge in [0.1, 0.15) is 18.5 Å². The number of nitrogens with one attached hydrogen (secondary N) is 3. The van der Waals surface area contributed by atoms with Gasteiger partial charge in [-0.25, -0.2) is 9.78 Å². The zero-order valence-corrected chi connectivity index (χ0v) is 21.9. The highest BCUT2D eigenvalue weighted by Crippen LogP contribution is 2.34. The minimum absolute atomic E-state index is 0.0316. The highest BCUT2D eigenvalue weighted by molar-refractivity contribution is 5.95. The second kappa shape index (κ2) is 12.6. The van der Waals surface area contributed by atoms with Gasteiger partial charge >= 0.3 is 5.69 Å². The van der Waals surface area contributed by atoms with E-state index in [1.807, 2.05) is 19.1 Å². The number of nitrogens with zero attached hydrogens (tertiary/aromatic N) is 3. The van der Waals surface area contributed by atoms with Gasteiger partial charge in [-0.15, -0.1) is 5.10 Å². The van der Waals surface area contributed by atoms with Gasteiger partial charge in [0.15, 0.2) is 23.1 Å². The maximum Gasteiger partial charge on any atom is 0.349 e. The number of pyridine rings is 1. The van der Waals surface area contributed by atoms with E-state index >= 15 is 0 Å². The zero-order valence-electron chi connectivity index (χ0n) is 21.9. The van der Waals surface area contributed by atoms with E-state index in [1.54, 1.807) is 55.8 Å². The average Bonchev–Trinajstić information content (AvgIpc) is 3.33. The molecule has 2 heterocycles. The fraction of sp³-hybridized carbons (Fsp3) is 0.259. The lowest BCUT2D eigenvalue weighted by atomic mass is 10.0. The van der Waals surface area contributed by atoms with Gasteiger partial charge in [0.25, 0.3) is 0 Å². The van der Waals surface area contributed by atoms with Gasteiger partial charge in [-0.05, 0) is 61.0 Å². The number of anilines is 1. The first-order valence-electron chi connectivity index (χ1n) is 12.2. The normalized spacial score (nSPS) is 11.6. The summed E-state index contributed by atoms with van der Waals surface area (Å²) in [6, 6.07) is 15.4. The number of H-pyrrole nitrogens is 1. The Balaban J connectivity index is 1.77. The zero-order chi connectivity index (χ0) is 27.8. The van der Waals surface area contributed by atoms with Crippen molar-refractivity contribution in [2.45, 2.75) is 13.0 Å². The number of aromatic amines is 1. The summed E-state index contributed by atoms with van der Waals surface area (Å²) in [6.45, 7) is 3.12. The Labute approximate surface area is 225 Å². The number of amidine groups is 1. The first-order chi connectivity index (χ1) is 18.9. The Hall–Kier alpha value is -4.84. The lowest BCUT2D eigenvalue weighted by Gasteiger charge is -2.20. The third-order valence-electron chi connectivity index (χ3n) is 5.73. The molecule has 4 aromatic rings. The number of benzene rings is 2. The van der Waals surface area contributed by atoms with Crippen molar-refractivity contribution in [3.05, 3.63) is 88.2 Å². The molecule has 0 unspecified atom stereocenters. The Morgan fingerprint density at radius 3 is 2.56 bits per heavy atom. The number of rotatable bonds is 13. The van der Waals surface area contributed by atoms with Crippen LogP contribution < -0.4 is 31.0 Å². The van der Waals surface area contributed by atoms with Crippen molar-refractivity contribution in [3.8, 4) is 23.1 Å². The first kappa shape index (κ1) is 27.2. The third-order valence-corrected chi connectivity index (χ3v) is 5.73. The van der Waals surface area contributed by atoms with Crippen molar-refractivity contribution in [1.29, 1.82) is 5.41 Å². The van der Waals surface area contributed by atoms with Crippen LogP contribution in [0.3, 0.4) is 0 Å². The van der Waals surface area contributed by atoms with E-state index in [-0.39, 0.29) is 11.7 Å². The average molecular weight is 534 g/mol. The number of aromatic nitrogens is 4. The van der Waals surface area contributed by atoms with Gasteiger partial charge in [-0.1, -0.05) is 6.07 Å². The predicted molar refractivity (Wildman–Crippen MR) is 146 cm³/mol. The fourth-order valence-electron chi connectivity index (χ4n) is 3.86. The number of methoxy groups -OCH3 is 2. The van der Waals surface area contributed by atoms with Gasteiger partial charge in [0.2, 0.25) is 5.82 Å². The van der Waals surface area contributed by atoms with Crippen LogP contribution in [-0.2, 0) is 4.74 Å². The van der Waals surface area contributed by atoms with Gasteiger partial charge in [0, 0.05) is 24.6 Å². The van der Waals surface area contributed by atoms with E-state index in [1.165, 1.54) is 7.11 Å². The van der Waals surface area contributed by atoms with Crippen molar-refractivity contribution in [1.82, 2.24) is 19.7 Å². The molecule has 39 heavy (non-hydrogen) atoms. The van der Waals surface area contributed by atoms with E-state index in [2.05, 4.69) is 20.4 Å². The maximum atomic E-state index is 13.0. The highest BCUT2D eigenvalue weighted by Gasteiger charge is 2.23. The largest absolute Gasteiger partial charge is 0.493 e. The predicted octanol–water partition coefficient (Wildman–Crippen LogP) is 2.87. The summed E-state index contributed by atoms with van der Waals surface area (Å²) in [5, 5.41) is 15.6. The molecule has 1 atom stereocenters. The smallest absolute Gasteiger partial charge is 0.349 e. The Morgan fingerprint density at radius 2 is 1.87 bits per heavy atom. The number of hydrogen-bond donors (Lipinski definition) is 4. The van der Waals surface area contributed by atoms with E-state index in [0.717, 1.165) is 10.2 Å². The lowest BCUT2D eigenvalue weighted by Crippen LogP contribution is -2.17. The van der Waals surface area contributed by atoms with Crippen molar-refractivity contribution in [3.63, 3.8) is 0 Å². The molecule has 2 aromatic heterocycles. The minimum atomic E-state index is -0.607. The molecule has 0 spiro atoms. The molecular formula is C27H31N7O5. The van der Waals surface area contributed by atoms with E-state index < -0.39 is 11.7 Å². The molecule has 204 valence electrons. The molecule has 0 aliphatic heterocycles. The summed E-state index contributed by atoms with van der Waals surface area (Å²) >= 11 is 0. The van der Waals surface area contributed by atoms with E-state index in [4.69, 9.17) is 30.1 Å².